The minimum atomic E-state index is -1.15. The zero-order chi connectivity index (χ0) is 15.0. The van der Waals surface area contributed by atoms with Gasteiger partial charge in [-0.1, -0.05) is 18.6 Å². The van der Waals surface area contributed by atoms with E-state index in [1.54, 1.807) is 0 Å². The number of aromatic nitrogens is 3. The van der Waals surface area contributed by atoms with Crippen LogP contribution in [0.2, 0.25) is 0 Å². The number of aromatic carboxylic acids is 1. The van der Waals surface area contributed by atoms with Gasteiger partial charge in [0.05, 0.1) is 24.9 Å². The monoisotopic (exact) mass is 286 g/mol. The lowest BCUT2D eigenvalue weighted by Crippen LogP contribution is -2.25. The van der Waals surface area contributed by atoms with Gasteiger partial charge in [-0.15, -0.1) is 5.10 Å². The van der Waals surface area contributed by atoms with E-state index in [2.05, 4.69) is 17.2 Å². The van der Waals surface area contributed by atoms with Crippen molar-refractivity contribution in [3.05, 3.63) is 11.4 Å². The third kappa shape index (κ3) is 4.87. The van der Waals surface area contributed by atoms with E-state index in [9.17, 15) is 9.90 Å². The highest BCUT2D eigenvalue weighted by molar-refractivity contribution is 5.86. The van der Waals surface area contributed by atoms with Gasteiger partial charge in [0.2, 0.25) is 0 Å². The molecule has 0 aliphatic heterocycles. The van der Waals surface area contributed by atoms with Crippen molar-refractivity contribution in [2.45, 2.75) is 38.8 Å². The fourth-order valence-electron chi connectivity index (χ4n) is 1.75. The molecule has 8 nitrogen and oxygen atoms in total. The van der Waals surface area contributed by atoms with Gasteiger partial charge in [0, 0.05) is 13.0 Å². The van der Waals surface area contributed by atoms with Crippen LogP contribution >= 0.6 is 0 Å². The lowest BCUT2D eigenvalue weighted by atomic mass is 10.2. The van der Waals surface area contributed by atoms with Gasteiger partial charge in [0.1, 0.15) is 0 Å². The quantitative estimate of drug-likeness (QED) is 0.502. The molecule has 0 saturated carbocycles. The number of hydrogen-bond donors (Lipinski definition) is 3. The lowest BCUT2D eigenvalue weighted by Gasteiger charge is -2.12. The van der Waals surface area contributed by atoms with Crippen LogP contribution in [0.3, 0.4) is 0 Å². The maximum absolute atomic E-state index is 11.0. The van der Waals surface area contributed by atoms with E-state index in [0.717, 1.165) is 12.8 Å². The van der Waals surface area contributed by atoms with Gasteiger partial charge in [-0.3, -0.25) is 0 Å². The van der Waals surface area contributed by atoms with Crippen molar-refractivity contribution in [3.8, 4) is 0 Å². The van der Waals surface area contributed by atoms with Gasteiger partial charge in [0.15, 0.2) is 5.69 Å². The molecular weight excluding hydrogens is 264 g/mol. The van der Waals surface area contributed by atoms with Crippen molar-refractivity contribution >= 4 is 5.97 Å². The molecule has 0 amide bonds. The Balaban J connectivity index is 2.59. The van der Waals surface area contributed by atoms with Gasteiger partial charge in [-0.2, -0.15) is 0 Å². The van der Waals surface area contributed by atoms with Crippen LogP contribution in [0.1, 0.15) is 35.9 Å². The molecule has 1 aromatic heterocycles. The lowest BCUT2D eigenvalue weighted by molar-refractivity contribution is 0.0247. The first-order valence-corrected chi connectivity index (χ1v) is 6.71. The van der Waals surface area contributed by atoms with Gasteiger partial charge >= 0.3 is 5.97 Å². The molecule has 114 valence electrons. The Morgan fingerprint density at radius 1 is 1.55 bits per heavy atom. The van der Waals surface area contributed by atoms with E-state index < -0.39 is 12.1 Å². The molecule has 1 rings (SSSR count). The van der Waals surface area contributed by atoms with E-state index in [-0.39, 0.29) is 25.4 Å². The molecule has 20 heavy (non-hydrogen) atoms. The Morgan fingerprint density at radius 3 is 2.90 bits per heavy atom. The molecule has 0 fully saturated rings. The highest BCUT2D eigenvalue weighted by atomic mass is 16.5. The summed E-state index contributed by atoms with van der Waals surface area (Å²) in [4.78, 5) is 11.0. The third-order valence-corrected chi connectivity index (χ3v) is 2.76. The molecule has 0 aromatic carbocycles. The normalized spacial score (nSPS) is 12.6. The molecule has 1 heterocycles. The van der Waals surface area contributed by atoms with Crippen molar-refractivity contribution in [1.82, 2.24) is 15.0 Å². The van der Waals surface area contributed by atoms with Crippen molar-refractivity contribution in [2.75, 3.05) is 19.8 Å². The Labute approximate surface area is 117 Å². The molecule has 0 saturated heterocycles. The fraction of sp³-hybridized carbons (Fsp3) is 0.750. The van der Waals surface area contributed by atoms with Gasteiger partial charge in [-0.05, 0) is 13.0 Å². The Kier molecular flexibility index (Phi) is 7.13. The molecule has 1 unspecified atom stereocenters. The highest BCUT2D eigenvalue weighted by Crippen LogP contribution is 2.07. The Morgan fingerprint density at radius 2 is 2.30 bits per heavy atom. The van der Waals surface area contributed by atoms with E-state index in [1.807, 2.05) is 0 Å². The summed E-state index contributed by atoms with van der Waals surface area (Å²) in [6, 6.07) is 0. The van der Waals surface area contributed by atoms with Crippen LogP contribution in [0.5, 0.6) is 0 Å². The van der Waals surface area contributed by atoms with E-state index in [4.69, 9.17) is 15.6 Å². The maximum atomic E-state index is 11.0. The second-order valence-electron chi connectivity index (χ2n) is 4.49. The van der Waals surface area contributed by atoms with E-state index in [1.165, 1.54) is 4.68 Å². The number of unbranched alkanes of at least 4 members (excludes halogenated alkanes) is 1. The molecule has 1 aromatic rings. The molecular formula is C12H22N4O4. The number of ether oxygens (including phenoxy) is 1. The zero-order valence-corrected chi connectivity index (χ0v) is 11.7. The maximum Gasteiger partial charge on any atom is 0.358 e. The highest BCUT2D eigenvalue weighted by Gasteiger charge is 2.19. The van der Waals surface area contributed by atoms with Crippen LogP contribution in [-0.2, 0) is 17.7 Å². The van der Waals surface area contributed by atoms with Crippen molar-refractivity contribution < 1.29 is 19.7 Å². The van der Waals surface area contributed by atoms with Crippen LogP contribution in [0.15, 0.2) is 0 Å². The average Bonchev–Trinajstić information content (AvgIpc) is 2.78. The summed E-state index contributed by atoms with van der Waals surface area (Å²) in [5.41, 5.74) is 5.76. The summed E-state index contributed by atoms with van der Waals surface area (Å²) in [5.74, 6) is -1.15. The Hall–Kier alpha value is -1.51. The second-order valence-corrected chi connectivity index (χ2v) is 4.49. The molecule has 1 atom stereocenters. The number of nitrogens with zero attached hydrogens (tertiary/aromatic N) is 3. The van der Waals surface area contributed by atoms with Crippen LogP contribution in [0.4, 0.5) is 0 Å². The molecule has 8 heteroatoms. The number of carboxylic acid groups (broad SMARTS) is 1. The van der Waals surface area contributed by atoms with Gasteiger partial charge in [-0.25, -0.2) is 9.48 Å². The third-order valence-electron chi connectivity index (χ3n) is 2.76. The Bertz CT molecular complexity index is 422. The SMILES string of the molecule is CCCCOCC(O)Cn1nnc(C(=O)O)c1CCN. The zero-order valence-electron chi connectivity index (χ0n) is 11.7. The minimum absolute atomic E-state index is 0.116. The number of aliphatic hydroxyl groups is 1. The van der Waals surface area contributed by atoms with Crippen LogP contribution in [0, 0.1) is 0 Å². The first-order chi connectivity index (χ1) is 9.60. The molecule has 0 spiro atoms. The summed E-state index contributed by atoms with van der Waals surface area (Å²) >= 11 is 0. The summed E-state index contributed by atoms with van der Waals surface area (Å²) in [5, 5.41) is 26.2. The number of hydrogen-bond acceptors (Lipinski definition) is 6. The number of nitrogens with two attached hydrogens (primary N) is 1. The first kappa shape index (κ1) is 16.5. The van der Waals surface area contributed by atoms with Crippen LogP contribution in [-0.4, -0.2) is 57.0 Å². The molecule has 0 bridgehead atoms. The number of carbonyl (C=O) groups is 1. The number of aliphatic hydroxyl groups excluding tert-OH is 1. The van der Waals surface area contributed by atoms with Crippen LogP contribution in [0.25, 0.3) is 0 Å². The van der Waals surface area contributed by atoms with E-state index >= 15 is 0 Å². The first-order valence-electron chi connectivity index (χ1n) is 6.71. The predicted molar refractivity (Wildman–Crippen MR) is 71.5 cm³/mol. The van der Waals surface area contributed by atoms with E-state index in [0.29, 0.717) is 18.7 Å². The van der Waals surface area contributed by atoms with Crippen molar-refractivity contribution in [2.24, 2.45) is 5.73 Å². The summed E-state index contributed by atoms with van der Waals surface area (Å²) < 4.78 is 6.69. The van der Waals surface area contributed by atoms with Crippen molar-refractivity contribution in [3.63, 3.8) is 0 Å². The standard InChI is InChI=1S/C12H22N4O4/c1-2-3-6-20-8-9(17)7-16-10(4-5-13)11(12(18)19)14-15-16/h9,17H,2-8,13H2,1H3,(H,18,19). The minimum Gasteiger partial charge on any atom is -0.476 e. The average molecular weight is 286 g/mol. The topological polar surface area (TPSA) is 123 Å². The van der Waals surface area contributed by atoms with Gasteiger partial charge in [0.25, 0.3) is 0 Å². The predicted octanol–water partition coefficient (Wildman–Crippen LogP) is -0.345. The second kappa shape index (κ2) is 8.62. The smallest absolute Gasteiger partial charge is 0.358 e. The van der Waals surface area contributed by atoms with Gasteiger partial charge < -0.3 is 20.7 Å². The fourth-order valence-corrected chi connectivity index (χ4v) is 1.75. The summed E-state index contributed by atoms with van der Waals surface area (Å²) in [6.07, 6.45) is 1.56. The largest absolute Gasteiger partial charge is 0.476 e. The van der Waals surface area contributed by atoms with Crippen molar-refractivity contribution in [1.29, 1.82) is 0 Å². The molecule has 4 N–H and O–H groups in total. The number of rotatable bonds is 10. The summed E-state index contributed by atoms with van der Waals surface area (Å²) in [7, 11) is 0. The number of carboxylic acids is 1. The molecule has 0 aliphatic carbocycles. The molecule has 0 aliphatic rings. The summed E-state index contributed by atoms with van der Waals surface area (Å²) in [6.45, 7) is 3.27. The molecule has 0 radical (unpaired) electrons. The van der Waals surface area contributed by atoms with Crippen LogP contribution < -0.4 is 5.73 Å².